The number of halogens is 1. The molecule has 86 valence electrons. The van der Waals surface area contributed by atoms with E-state index in [2.05, 4.69) is 27.3 Å². The smallest absolute Gasteiger partial charge is 0.172 e. The Morgan fingerprint density at radius 2 is 2.44 bits per heavy atom. The largest absolute Gasteiger partial charge is 0.391 e. The zero-order chi connectivity index (χ0) is 11.3. The van der Waals surface area contributed by atoms with Crippen molar-refractivity contribution in [3.8, 4) is 0 Å². The van der Waals surface area contributed by atoms with Gasteiger partial charge in [0.2, 0.25) is 0 Å². The number of hydrogen-bond acceptors (Lipinski definition) is 5. The number of nitrogens with one attached hydrogen (secondary N) is 1. The highest BCUT2D eigenvalue weighted by molar-refractivity contribution is 6.29. The molecule has 6 heteroatoms. The molecule has 3 rings (SSSR count). The van der Waals surface area contributed by atoms with E-state index >= 15 is 0 Å². The van der Waals surface area contributed by atoms with Gasteiger partial charge in [-0.3, -0.25) is 0 Å². The zero-order valence-corrected chi connectivity index (χ0v) is 9.70. The molecule has 0 amide bonds. The van der Waals surface area contributed by atoms with Crippen molar-refractivity contribution in [2.24, 2.45) is 0 Å². The quantitative estimate of drug-likeness (QED) is 0.705. The average molecular weight is 241 g/mol. The summed E-state index contributed by atoms with van der Waals surface area (Å²) in [5.41, 5.74) is 0.879. The zero-order valence-electron chi connectivity index (χ0n) is 8.94. The molecule has 3 heterocycles. The summed E-state index contributed by atoms with van der Waals surface area (Å²) in [6, 6.07) is 1.80. The Morgan fingerprint density at radius 3 is 3.25 bits per heavy atom. The van der Waals surface area contributed by atoms with Crippen LogP contribution >= 0.6 is 11.6 Å². The van der Waals surface area contributed by atoms with Crippen molar-refractivity contribution in [2.75, 3.05) is 23.3 Å². The van der Waals surface area contributed by atoms with Crippen molar-refractivity contribution < 1.29 is 5.11 Å². The lowest BCUT2D eigenvalue weighted by atomic mass is 9.96. The molecule has 2 aliphatic heterocycles. The van der Waals surface area contributed by atoms with Crippen LogP contribution in [0.4, 0.5) is 11.5 Å². The predicted molar refractivity (Wildman–Crippen MR) is 61.9 cm³/mol. The van der Waals surface area contributed by atoms with Crippen LogP contribution in [0, 0.1) is 0 Å². The van der Waals surface area contributed by atoms with Gasteiger partial charge in [-0.2, -0.15) is 0 Å². The van der Waals surface area contributed by atoms with Gasteiger partial charge in [-0.1, -0.05) is 11.6 Å². The van der Waals surface area contributed by atoms with E-state index in [1.54, 1.807) is 6.07 Å². The summed E-state index contributed by atoms with van der Waals surface area (Å²) in [5.74, 6) is 0.746. The third kappa shape index (κ3) is 1.35. The van der Waals surface area contributed by atoms with Gasteiger partial charge in [0.05, 0.1) is 17.3 Å². The molecule has 0 spiro atoms. The SMILES string of the molecule is C[C@@]12CNc3nnc(Cl)cc3N1C[C@@H](O)C2. The van der Waals surface area contributed by atoms with Crippen molar-refractivity contribution in [3.63, 3.8) is 0 Å². The number of fused-ring (bicyclic) bond motifs is 3. The summed E-state index contributed by atoms with van der Waals surface area (Å²) in [5, 5.41) is 21.2. The molecule has 1 aromatic rings. The highest BCUT2D eigenvalue weighted by atomic mass is 35.5. The summed E-state index contributed by atoms with van der Waals surface area (Å²) in [6.45, 7) is 3.54. The first-order valence-electron chi connectivity index (χ1n) is 5.31. The number of β-amino-alcohol motifs (C(OH)–C–C–N with tert-alkyl or cyclic N) is 1. The first-order chi connectivity index (χ1) is 7.58. The van der Waals surface area contributed by atoms with Crippen LogP contribution in [-0.2, 0) is 0 Å². The lowest BCUT2D eigenvalue weighted by Crippen LogP contribution is -2.50. The molecule has 0 bridgehead atoms. The van der Waals surface area contributed by atoms with Crippen LogP contribution in [0.2, 0.25) is 5.15 Å². The fraction of sp³-hybridized carbons (Fsp3) is 0.600. The monoisotopic (exact) mass is 240 g/mol. The number of nitrogens with zero attached hydrogens (tertiary/aromatic N) is 3. The molecule has 16 heavy (non-hydrogen) atoms. The fourth-order valence-corrected chi connectivity index (χ4v) is 2.78. The first-order valence-corrected chi connectivity index (χ1v) is 5.69. The van der Waals surface area contributed by atoms with Gasteiger partial charge >= 0.3 is 0 Å². The number of rotatable bonds is 0. The van der Waals surface area contributed by atoms with Crippen LogP contribution in [0.25, 0.3) is 0 Å². The summed E-state index contributed by atoms with van der Waals surface area (Å²) in [7, 11) is 0. The Morgan fingerprint density at radius 1 is 1.62 bits per heavy atom. The number of aliphatic hydroxyl groups excluding tert-OH is 1. The molecular weight excluding hydrogens is 228 g/mol. The van der Waals surface area contributed by atoms with E-state index in [1.807, 2.05) is 0 Å². The van der Waals surface area contributed by atoms with Crippen molar-refractivity contribution in [3.05, 3.63) is 11.2 Å². The van der Waals surface area contributed by atoms with Crippen LogP contribution in [-0.4, -0.2) is 40.0 Å². The minimum atomic E-state index is -0.287. The normalized spacial score (nSPS) is 31.9. The third-order valence-electron chi connectivity index (χ3n) is 3.39. The molecule has 2 N–H and O–H groups in total. The van der Waals surface area contributed by atoms with E-state index in [9.17, 15) is 5.11 Å². The second-order valence-corrected chi connectivity index (χ2v) is 5.11. The van der Waals surface area contributed by atoms with Crippen LogP contribution in [0.5, 0.6) is 0 Å². The van der Waals surface area contributed by atoms with Crippen molar-refractivity contribution in [1.29, 1.82) is 0 Å². The number of hydrogen-bond donors (Lipinski definition) is 2. The van der Waals surface area contributed by atoms with Gasteiger partial charge in [0, 0.05) is 19.2 Å². The van der Waals surface area contributed by atoms with Crippen molar-refractivity contribution >= 4 is 23.1 Å². The van der Waals surface area contributed by atoms with Crippen molar-refractivity contribution in [1.82, 2.24) is 10.2 Å². The van der Waals surface area contributed by atoms with Gasteiger partial charge in [-0.15, -0.1) is 10.2 Å². The Balaban J connectivity index is 2.08. The Bertz CT molecular complexity index is 441. The summed E-state index contributed by atoms with van der Waals surface area (Å²) in [6.07, 6.45) is 0.476. The molecule has 1 fully saturated rings. The lowest BCUT2D eigenvalue weighted by molar-refractivity contribution is 0.187. The standard InChI is InChI=1S/C10H13ClN4O/c1-10-3-6(16)4-15(10)7-2-8(11)13-14-9(7)12-5-10/h2,6,16H,3-5H2,1H3,(H,12,14)/t6-,10+/m0/s1. The third-order valence-corrected chi connectivity index (χ3v) is 3.58. The van der Waals surface area contributed by atoms with E-state index in [-0.39, 0.29) is 11.6 Å². The van der Waals surface area contributed by atoms with Gasteiger partial charge in [0.25, 0.3) is 0 Å². The molecule has 0 radical (unpaired) electrons. The van der Waals surface area contributed by atoms with Crippen molar-refractivity contribution in [2.45, 2.75) is 25.0 Å². The minimum Gasteiger partial charge on any atom is -0.391 e. The highest BCUT2D eigenvalue weighted by Gasteiger charge is 2.45. The van der Waals surface area contributed by atoms with E-state index in [4.69, 9.17) is 11.6 Å². The van der Waals surface area contributed by atoms with Crippen LogP contribution in [0.1, 0.15) is 13.3 Å². The maximum Gasteiger partial charge on any atom is 0.172 e. The summed E-state index contributed by atoms with van der Waals surface area (Å²) in [4.78, 5) is 2.17. The molecule has 0 aliphatic carbocycles. The van der Waals surface area contributed by atoms with Gasteiger partial charge < -0.3 is 15.3 Å². The Kier molecular flexibility index (Phi) is 2.03. The van der Waals surface area contributed by atoms with E-state index in [0.29, 0.717) is 11.7 Å². The van der Waals surface area contributed by atoms with E-state index in [0.717, 1.165) is 24.5 Å². The van der Waals surface area contributed by atoms with Gasteiger partial charge in [0.1, 0.15) is 0 Å². The molecular formula is C10H13ClN4O. The lowest BCUT2D eigenvalue weighted by Gasteiger charge is -2.41. The molecule has 1 saturated heterocycles. The molecule has 2 atom stereocenters. The molecule has 1 aromatic heterocycles. The molecule has 0 unspecified atom stereocenters. The maximum absolute atomic E-state index is 9.78. The second kappa shape index (κ2) is 3.21. The van der Waals surface area contributed by atoms with E-state index < -0.39 is 0 Å². The fourth-order valence-electron chi connectivity index (χ4n) is 2.64. The topological polar surface area (TPSA) is 61.3 Å². The number of aromatic nitrogens is 2. The summed E-state index contributed by atoms with van der Waals surface area (Å²) >= 11 is 5.86. The van der Waals surface area contributed by atoms with E-state index in [1.165, 1.54) is 0 Å². The highest BCUT2D eigenvalue weighted by Crippen LogP contribution is 2.41. The minimum absolute atomic E-state index is 0.0568. The van der Waals surface area contributed by atoms with Crippen LogP contribution in [0.15, 0.2) is 6.07 Å². The van der Waals surface area contributed by atoms with Crippen LogP contribution in [0.3, 0.4) is 0 Å². The van der Waals surface area contributed by atoms with Gasteiger partial charge in [0.15, 0.2) is 11.0 Å². The summed E-state index contributed by atoms with van der Waals surface area (Å²) < 4.78 is 0. The van der Waals surface area contributed by atoms with Gasteiger partial charge in [-0.05, 0) is 13.3 Å². The van der Waals surface area contributed by atoms with Gasteiger partial charge in [-0.25, -0.2) is 0 Å². The maximum atomic E-state index is 9.78. The average Bonchev–Trinajstić information content (AvgIpc) is 2.53. The molecule has 0 aromatic carbocycles. The number of anilines is 2. The second-order valence-electron chi connectivity index (χ2n) is 4.72. The molecule has 2 aliphatic rings. The molecule has 0 saturated carbocycles. The Hall–Kier alpha value is -1.07. The Labute approximate surface area is 98.4 Å². The first kappa shape index (κ1) is 10.1. The van der Waals surface area contributed by atoms with Crippen LogP contribution < -0.4 is 10.2 Å². The predicted octanol–water partition coefficient (Wildman–Crippen LogP) is 0.885. The molecule has 5 nitrogen and oxygen atoms in total. The number of aliphatic hydroxyl groups is 1.